The number of anilines is 2. The van der Waals surface area contributed by atoms with E-state index in [9.17, 15) is 0 Å². The summed E-state index contributed by atoms with van der Waals surface area (Å²) in [6.45, 7) is 6.03. The second kappa shape index (κ2) is 7.88. The van der Waals surface area contributed by atoms with E-state index in [1.807, 2.05) is 17.1 Å². The monoisotopic (exact) mass is 398 g/mol. The number of aromatic nitrogens is 3. The molecule has 1 fully saturated rings. The molecule has 1 unspecified atom stereocenters. The van der Waals surface area contributed by atoms with Gasteiger partial charge in [-0.3, -0.25) is 4.98 Å². The van der Waals surface area contributed by atoms with E-state index in [4.69, 9.17) is 17.3 Å². The first kappa shape index (κ1) is 18.3. The first-order chi connectivity index (χ1) is 13.1. The molecule has 1 aliphatic carbocycles. The van der Waals surface area contributed by atoms with Crippen molar-refractivity contribution in [2.45, 2.75) is 45.9 Å². The Bertz CT molecular complexity index is 976. The van der Waals surface area contributed by atoms with Crippen LogP contribution in [0.15, 0.2) is 42.7 Å². The van der Waals surface area contributed by atoms with Gasteiger partial charge in [-0.05, 0) is 55.4 Å². The molecule has 2 N–H and O–H groups in total. The van der Waals surface area contributed by atoms with E-state index in [1.165, 1.54) is 45.8 Å². The number of rotatable bonds is 7. The van der Waals surface area contributed by atoms with Crippen LogP contribution in [0.5, 0.6) is 0 Å². The van der Waals surface area contributed by atoms with Gasteiger partial charge in [0.2, 0.25) is 5.13 Å². The summed E-state index contributed by atoms with van der Waals surface area (Å²) in [5.41, 5.74) is 4.91. The predicted octanol–water partition coefficient (Wildman–Crippen LogP) is 3.63. The number of hydrogen-bond acceptors (Lipinski definition) is 5. The maximum absolute atomic E-state index is 5.59. The first-order valence-electron chi connectivity index (χ1n) is 9.25. The average molecular weight is 399 g/mol. The van der Waals surface area contributed by atoms with E-state index < -0.39 is 0 Å². The molecule has 0 saturated heterocycles. The highest BCUT2D eigenvalue weighted by Crippen LogP contribution is 2.24. The normalized spacial score (nSPS) is 14.9. The van der Waals surface area contributed by atoms with Crippen molar-refractivity contribution in [1.82, 2.24) is 14.8 Å². The van der Waals surface area contributed by atoms with Gasteiger partial charge in [-0.15, -0.1) is 5.10 Å². The number of aryl methyl sites for hydroxylation is 1. The van der Waals surface area contributed by atoms with Crippen molar-refractivity contribution in [2.24, 2.45) is 0 Å². The first-order valence-corrected chi connectivity index (χ1v) is 10.5. The molecule has 0 amide bonds. The van der Waals surface area contributed by atoms with Crippen molar-refractivity contribution in [3.8, 4) is 0 Å². The predicted molar refractivity (Wildman–Crippen MR) is 112 cm³/mol. The van der Waals surface area contributed by atoms with Crippen LogP contribution in [-0.2, 0) is 13.2 Å². The molecule has 140 valence electrons. The molecule has 0 aliphatic heterocycles. The number of nitrogens with one attached hydrogen (secondary N) is 2. The quantitative estimate of drug-likeness (QED) is 0.597. The van der Waals surface area contributed by atoms with Gasteiger partial charge in [0.15, 0.2) is 10.6 Å². The lowest BCUT2D eigenvalue weighted by Crippen LogP contribution is -3.11. The zero-order valence-corrected chi connectivity index (χ0v) is 17.2. The Hall–Kier alpha value is -2.09. The molecule has 1 aliphatic rings. The van der Waals surface area contributed by atoms with Crippen molar-refractivity contribution in [3.05, 3.63) is 63.4 Å². The second-order valence-corrected chi connectivity index (χ2v) is 8.79. The Morgan fingerprint density at radius 1 is 1.22 bits per heavy atom. The van der Waals surface area contributed by atoms with Crippen LogP contribution in [-0.4, -0.2) is 20.8 Å². The van der Waals surface area contributed by atoms with Gasteiger partial charge in [0, 0.05) is 36.5 Å². The van der Waals surface area contributed by atoms with Gasteiger partial charge in [0.1, 0.15) is 6.54 Å². The fraction of sp³-hybridized carbons (Fsp3) is 0.350. The Morgan fingerprint density at radius 2 is 2.00 bits per heavy atom. The SMILES string of the molecule is Cc1cccc(Nc2nn(C[NH+](Cc3ccncc3)C3CC3)c(=S)s2)c1C. The van der Waals surface area contributed by atoms with E-state index in [0.29, 0.717) is 6.04 Å². The summed E-state index contributed by atoms with van der Waals surface area (Å²) >= 11 is 7.13. The topological polar surface area (TPSA) is 47.2 Å². The second-order valence-electron chi connectivity index (χ2n) is 7.17. The van der Waals surface area contributed by atoms with Crippen LogP contribution in [0.1, 0.15) is 29.5 Å². The van der Waals surface area contributed by atoms with Crippen LogP contribution in [0.4, 0.5) is 10.8 Å². The van der Waals surface area contributed by atoms with E-state index in [2.05, 4.69) is 54.5 Å². The lowest BCUT2D eigenvalue weighted by atomic mass is 10.1. The molecule has 0 bridgehead atoms. The number of pyridine rings is 1. The fourth-order valence-corrected chi connectivity index (χ4v) is 4.25. The van der Waals surface area contributed by atoms with E-state index >= 15 is 0 Å². The number of nitrogens with zero attached hydrogens (tertiary/aromatic N) is 3. The van der Waals surface area contributed by atoms with Gasteiger partial charge in [-0.25, -0.2) is 0 Å². The van der Waals surface area contributed by atoms with Gasteiger partial charge >= 0.3 is 0 Å². The Kier molecular flexibility index (Phi) is 5.33. The van der Waals surface area contributed by atoms with Gasteiger partial charge < -0.3 is 10.2 Å². The lowest BCUT2D eigenvalue weighted by molar-refractivity contribution is -0.947. The van der Waals surface area contributed by atoms with E-state index in [0.717, 1.165) is 28.0 Å². The van der Waals surface area contributed by atoms with Gasteiger partial charge in [0.25, 0.3) is 0 Å². The van der Waals surface area contributed by atoms with Crippen LogP contribution in [0.25, 0.3) is 0 Å². The minimum Gasteiger partial charge on any atom is -0.330 e. The van der Waals surface area contributed by atoms with Gasteiger partial charge in [-0.2, -0.15) is 4.68 Å². The summed E-state index contributed by atoms with van der Waals surface area (Å²) < 4.78 is 2.79. The molecular formula is C20H24N5S2+. The maximum Gasteiger partial charge on any atom is 0.209 e. The third-order valence-corrected chi connectivity index (χ3v) is 6.36. The van der Waals surface area contributed by atoms with Crippen molar-refractivity contribution in [2.75, 3.05) is 5.32 Å². The number of hydrogen-bond donors (Lipinski definition) is 2. The Balaban J connectivity index is 1.50. The maximum atomic E-state index is 5.59. The molecule has 1 saturated carbocycles. The molecule has 5 nitrogen and oxygen atoms in total. The number of quaternary nitrogens is 1. The van der Waals surface area contributed by atoms with Crippen LogP contribution in [0.3, 0.4) is 0 Å². The summed E-state index contributed by atoms with van der Waals surface area (Å²) in [4.78, 5) is 5.63. The highest BCUT2D eigenvalue weighted by molar-refractivity contribution is 7.73. The van der Waals surface area contributed by atoms with Crippen LogP contribution < -0.4 is 10.2 Å². The molecule has 3 aromatic rings. The highest BCUT2D eigenvalue weighted by Gasteiger charge is 2.33. The smallest absolute Gasteiger partial charge is 0.209 e. The summed E-state index contributed by atoms with van der Waals surface area (Å²) in [5, 5.41) is 9.05. The lowest BCUT2D eigenvalue weighted by Gasteiger charge is -2.18. The Labute approximate surface area is 168 Å². The molecule has 27 heavy (non-hydrogen) atoms. The third-order valence-electron chi connectivity index (χ3n) is 5.14. The summed E-state index contributed by atoms with van der Waals surface area (Å²) in [5.74, 6) is 0. The van der Waals surface area contributed by atoms with Crippen molar-refractivity contribution >= 4 is 34.4 Å². The van der Waals surface area contributed by atoms with E-state index in [-0.39, 0.29) is 0 Å². The van der Waals surface area contributed by atoms with Crippen LogP contribution >= 0.6 is 23.6 Å². The third kappa shape index (κ3) is 4.43. The fourth-order valence-electron chi connectivity index (χ4n) is 3.23. The molecular weight excluding hydrogens is 374 g/mol. The molecule has 0 spiro atoms. The Morgan fingerprint density at radius 3 is 2.74 bits per heavy atom. The molecule has 7 heteroatoms. The molecule has 2 heterocycles. The summed E-state index contributed by atoms with van der Waals surface area (Å²) in [7, 11) is 0. The van der Waals surface area contributed by atoms with Crippen LogP contribution in [0, 0.1) is 17.8 Å². The number of benzene rings is 1. The zero-order chi connectivity index (χ0) is 18.8. The zero-order valence-electron chi connectivity index (χ0n) is 15.6. The van der Waals surface area contributed by atoms with Gasteiger partial charge in [0.05, 0.1) is 6.04 Å². The van der Waals surface area contributed by atoms with E-state index in [1.54, 1.807) is 0 Å². The molecule has 1 aromatic carbocycles. The standard InChI is InChI=1S/C20H23N5S2/c1-14-4-3-5-18(15(14)2)22-19-23-25(20(26)27-19)13-24(17-6-7-17)12-16-8-10-21-11-9-16/h3-5,8-11,17H,6-7,12-13H2,1-2H3,(H,22,23)/p+1. The van der Waals surface area contributed by atoms with Crippen molar-refractivity contribution in [3.63, 3.8) is 0 Å². The largest absolute Gasteiger partial charge is 0.330 e. The molecule has 4 rings (SSSR count). The molecule has 0 radical (unpaired) electrons. The van der Waals surface area contributed by atoms with Crippen molar-refractivity contribution < 1.29 is 4.90 Å². The van der Waals surface area contributed by atoms with Crippen molar-refractivity contribution in [1.29, 1.82) is 0 Å². The minimum atomic E-state index is 0.706. The molecule has 2 aromatic heterocycles. The minimum absolute atomic E-state index is 0.706. The summed E-state index contributed by atoms with van der Waals surface area (Å²) in [6.07, 6.45) is 6.29. The van der Waals surface area contributed by atoms with Gasteiger partial charge in [-0.1, -0.05) is 23.5 Å². The average Bonchev–Trinajstić information content (AvgIpc) is 3.45. The van der Waals surface area contributed by atoms with Crippen LogP contribution in [0.2, 0.25) is 0 Å². The summed E-state index contributed by atoms with van der Waals surface area (Å²) in [6, 6.07) is 11.2. The highest BCUT2D eigenvalue weighted by atomic mass is 32.1. The molecule has 1 atom stereocenters.